The molecule has 43 heavy (non-hydrogen) atoms. The molecular formula is C28H44N2O13. The second kappa shape index (κ2) is 24.8. The predicted molar refractivity (Wildman–Crippen MR) is 149 cm³/mol. The summed E-state index contributed by atoms with van der Waals surface area (Å²) in [4.78, 5) is 47.8. The molecule has 0 spiro atoms. The molecule has 0 fully saturated rings. The third-order valence-corrected chi connectivity index (χ3v) is 5.70. The fourth-order valence-corrected chi connectivity index (χ4v) is 3.48. The Kier molecular flexibility index (Phi) is 21.1. The van der Waals surface area contributed by atoms with E-state index in [9.17, 15) is 19.2 Å². The molecule has 0 N–H and O–H groups in total. The number of nitrogens with zero attached hydrogens (tertiary/aromatic N) is 2. The molecule has 2 aliphatic heterocycles. The standard InChI is InChI=1S/C28H44N2O13/c31-25-1-2-26(32)29(25)5-7-35-9-11-37-13-15-39-17-19-41-21-23-43-24-22-42-20-18-40-16-14-38-12-10-36-8-6-30-27(33)3-4-28(30)34/h1-4H,5-24H2. The number of imide groups is 2. The Morgan fingerprint density at radius 3 is 0.651 bits per heavy atom. The highest BCUT2D eigenvalue weighted by Crippen LogP contribution is 2.03. The van der Waals surface area contributed by atoms with Crippen molar-refractivity contribution in [3.63, 3.8) is 0 Å². The lowest BCUT2D eigenvalue weighted by atomic mass is 10.5. The zero-order valence-electron chi connectivity index (χ0n) is 24.7. The number of hydrogen-bond acceptors (Lipinski definition) is 13. The van der Waals surface area contributed by atoms with Gasteiger partial charge in [0.2, 0.25) is 0 Å². The normalized spacial score (nSPS) is 14.8. The molecule has 0 saturated carbocycles. The summed E-state index contributed by atoms with van der Waals surface area (Å²) in [6.45, 7) is 7.99. The summed E-state index contributed by atoms with van der Waals surface area (Å²) in [6, 6.07) is 0. The van der Waals surface area contributed by atoms with E-state index in [1.165, 1.54) is 24.3 Å². The van der Waals surface area contributed by atoms with E-state index >= 15 is 0 Å². The molecule has 244 valence electrons. The van der Waals surface area contributed by atoms with Crippen LogP contribution in [0.25, 0.3) is 0 Å². The fourth-order valence-electron chi connectivity index (χ4n) is 3.48. The molecule has 0 atom stereocenters. The highest BCUT2D eigenvalue weighted by Gasteiger charge is 2.23. The summed E-state index contributed by atoms with van der Waals surface area (Å²) < 4.78 is 48.6. The SMILES string of the molecule is O=C1C=CC(=O)N1CCOCCOCCOCCOCCOCCOCCOCCOCCOCCN1C(=O)C=CC1=O. The van der Waals surface area contributed by atoms with Gasteiger partial charge in [0.25, 0.3) is 23.6 Å². The maximum absolute atomic E-state index is 11.4. The smallest absolute Gasteiger partial charge is 0.253 e. The largest absolute Gasteiger partial charge is 0.377 e. The van der Waals surface area contributed by atoms with E-state index < -0.39 is 0 Å². The van der Waals surface area contributed by atoms with Gasteiger partial charge in [0.05, 0.1) is 132 Å². The van der Waals surface area contributed by atoms with Crippen LogP contribution in [0.4, 0.5) is 0 Å². The first-order valence-corrected chi connectivity index (χ1v) is 14.4. The first-order chi connectivity index (χ1) is 21.1. The Morgan fingerprint density at radius 2 is 0.465 bits per heavy atom. The predicted octanol–water partition coefficient (Wildman–Crippen LogP) is -1.01. The van der Waals surface area contributed by atoms with Crippen LogP contribution in [-0.2, 0) is 61.8 Å². The zero-order chi connectivity index (χ0) is 30.8. The van der Waals surface area contributed by atoms with Gasteiger partial charge in [0.15, 0.2) is 0 Å². The monoisotopic (exact) mass is 616 g/mol. The quantitative estimate of drug-likeness (QED) is 0.0715. The van der Waals surface area contributed by atoms with Crippen LogP contribution in [0.1, 0.15) is 0 Å². The second-order valence-electron chi connectivity index (χ2n) is 8.83. The summed E-state index contributed by atoms with van der Waals surface area (Å²) in [5.74, 6) is -1.25. The lowest BCUT2D eigenvalue weighted by Gasteiger charge is -2.13. The van der Waals surface area contributed by atoms with Crippen LogP contribution >= 0.6 is 0 Å². The van der Waals surface area contributed by atoms with Crippen molar-refractivity contribution in [2.75, 3.05) is 132 Å². The number of ether oxygens (including phenoxy) is 9. The summed E-state index contributed by atoms with van der Waals surface area (Å²) in [6.07, 6.45) is 5.00. The summed E-state index contributed by atoms with van der Waals surface area (Å²) >= 11 is 0. The van der Waals surface area contributed by atoms with Crippen LogP contribution in [-0.4, -0.2) is 165 Å². The Bertz CT molecular complexity index is 764. The van der Waals surface area contributed by atoms with E-state index in [-0.39, 0.29) is 49.9 Å². The molecule has 0 aromatic rings. The first-order valence-electron chi connectivity index (χ1n) is 14.4. The minimum absolute atomic E-state index is 0.233. The molecule has 0 unspecified atom stereocenters. The average molecular weight is 617 g/mol. The van der Waals surface area contributed by atoms with Gasteiger partial charge in [0.1, 0.15) is 0 Å². The second-order valence-corrected chi connectivity index (χ2v) is 8.83. The van der Waals surface area contributed by atoms with Crippen molar-refractivity contribution in [1.29, 1.82) is 0 Å². The van der Waals surface area contributed by atoms with Crippen molar-refractivity contribution in [3.05, 3.63) is 24.3 Å². The summed E-state index contributed by atoms with van der Waals surface area (Å²) in [5, 5.41) is 0. The van der Waals surface area contributed by atoms with Gasteiger partial charge in [-0.1, -0.05) is 0 Å². The van der Waals surface area contributed by atoms with Gasteiger partial charge in [-0.15, -0.1) is 0 Å². The first kappa shape index (κ1) is 36.6. The number of hydrogen-bond donors (Lipinski definition) is 0. The van der Waals surface area contributed by atoms with E-state index in [2.05, 4.69) is 0 Å². The van der Waals surface area contributed by atoms with Crippen LogP contribution in [0.3, 0.4) is 0 Å². The fraction of sp³-hybridized carbons (Fsp3) is 0.714. The Morgan fingerprint density at radius 1 is 0.302 bits per heavy atom. The molecule has 0 saturated heterocycles. The van der Waals surface area contributed by atoms with Crippen molar-refractivity contribution in [2.24, 2.45) is 0 Å². The topological polar surface area (TPSA) is 158 Å². The third-order valence-electron chi connectivity index (χ3n) is 5.70. The van der Waals surface area contributed by atoms with E-state index in [0.29, 0.717) is 106 Å². The van der Waals surface area contributed by atoms with Crippen molar-refractivity contribution in [2.45, 2.75) is 0 Å². The van der Waals surface area contributed by atoms with Gasteiger partial charge >= 0.3 is 0 Å². The van der Waals surface area contributed by atoms with Crippen molar-refractivity contribution in [1.82, 2.24) is 9.80 Å². The molecule has 0 radical (unpaired) electrons. The molecule has 2 aliphatic rings. The highest BCUT2D eigenvalue weighted by molar-refractivity contribution is 6.13. The van der Waals surface area contributed by atoms with E-state index in [1.54, 1.807) is 0 Å². The Hall–Kier alpha value is -2.60. The van der Waals surface area contributed by atoms with Crippen molar-refractivity contribution < 1.29 is 61.8 Å². The van der Waals surface area contributed by atoms with E-state index in [1.807, 2.05) is 0 Å². The number of rotatable bonds is 30. The van der Waals surface area contributed by atoms with Gasteiger partial charge in [-0.05, 0) is 0 Å². The van der Waals surface area contributed by atoms with Gasteiger partial charge in [-0.25, -0.2) is 0 Å². The number of carbonyl (C=O) groups is 4. The minimum Gasteiger partial charge on any atom is -0.377 e. The molecular weight excluding hydrogens is 572 g/mol. The van der Waals surface area contributed by atoms with Crippen LogP contribution in [0.15, 0.2) is 24.3 Å². The van der Waals surface area contributed by atoms with Crippen molar-refractivity contribution in [3.8, 4) is 0 Å². The Balaban J connectivity index is 1.16. The van der Waals surface area contributed by atoms with Crippen molar-refractivity contribution >= 4 is 23.6 Å². The molecule has 15 heteroatoms. The molecule has 0 aromatic carbocycles. The molecule has 4 amide bonds. The molecule has 2 heterocycles. The maximum atomic E-state index is 11.4. The minimum atomic E-state index is -0.312. The summed E-state index contributed by atoms with van der Waals surface area (Å²) in [5.41, 5.74) is 0. The lowest BCUT2D eigenvalue weighted by molar-refractivity contribution is -0.139. The van der Waals surface area contributed by atoms with Crippen LogP contribution in [0.2, 0.25) is 0 Å². The van der Waals surface area contributed by atoms with Gasteiger partial charge in [-0.3, -0.25) is 29.0 Å². The molecule has 0 aliphatic carbocycles. The molecule has 0 bridgehead atoms. The highest BCUT2D eigenvalue weighted by atomic mass is 16.6. The maximum Gasteiger partial charge on any atom is 0.253 e. The van der Waals surface area contributed by atoms with Gasteiger partial charge < -0.3 is 42.6 Å². The van der Waals surface area contributed by atoms with Crippen LogP contribution in [0, 0.1) is 0 Å². The van der Waals surface area contributed by atoms with Gasteiger partial charge in [0, 0.05) is 24.3 Å². The lowest BCUT2D eigenvalue weighted by Crippen LogP contribution is -2.33. The average Bonchev–Trinajstić information content (AvgIpc) is 3.50. The number of amides is 4. The van der Waals surface area contributed by atoms with Crippen LogP contribution in [0.5, 0.6) is 0 Å². The molecule has 2 rings (SSSR count). The third kappa shape index (κ3) is 18.0. The molecule has 0 aromatic heterocycles. The zero-order valence-corrected chi connectivity index (χ0v) is 24.7. The summed E-state index contributed by atoms with van der Waals surface area (Å²) in [7, 11) is 0. The van der Waals surface area contributed by atoms with Gasteiger partial charge in [-0.2, -0.15) is 0 Å². The van der Waals surface area contributed by atoms with E-state index in [0.717, 1.165) is 9.80 Å². The Labute approximate surface area is 251 Å². The van der Waals surface area contributed by atoms with Crippen LogP contribution < -0.4 is 0 Å². The van der Waals surface area contributed by atoms with E-state index in [4.69, 9.17) is 42.6 Å². The molecule has 15 nitrogen and oxygen atoms in total. The number of carbonyl (C=O) groups excluding carboxylic acids is 4.